The number of rotatable bonds is 5. The molecule has 0 bridgehead atoms. The summed E-state index contributed by atoms with van der Waals surface area (Å²) in [5, 5.41) is -0.364. The van der Waals surface area contributed by atoms with Crippen LogP contribution >= 0.6 is 11.6 Å². The van der Waals surface area contributed by atoms with Gasteiger partial charge in [-0.3, -0.25) is 0 Å². The van der Waals surface area contributed by atoms with Gasteiger partial charge in [0.15, 0.2) is 0 Å². The Morgan fingerprint density at radius 1 is 1.21 bits per heavy atom. The molecule has 1 rings (SSSR count). The molecule has 0 unspecified atom stereocenters. The molecule has 0 aliphatic heterocycles. The van der Waals surface area contributed by atoms with Gasteiger partial charge in [-0.05, 0) is 31.5 Å². The van der Waals surface area contributed by atoms with E-state index in [4.69, 9.17) is 23.1 Å². The zero-order valence-corrected chi connectivity index (χ0v) is 10.9. The molecule has 0 aliphatic rings. The minimum atomic E-state index is -4.66. The van der Waals surface area contributed by atoms with Crippen LogP contribution in [0.1, 0.15) is 36.4 Å². The summed E-state index contributed by atoms with van der Waals surface area (Å²) in [6, 6.07) is 0.584. The average molecular weight is 299 g/mol. The quantitative estimate of drug-likeness (QED) is 0.644. The molecule has 0 radical (unpaired) electrons. The van der Waals surface area contributed by atoms with E-state index in [1.807, 2.05) is 0 Å². The summed E-state index contributed by atoms with van der Waals surface area (Å²) >= 11 is 5.52. The summed E-state index contributed by atoms with van der Waals surface area (Å²) in [5.41, 5.74) is 9.31. The Kier molecular flexibility index (Phi) is 5.58. The van der Waals surface area contributed by atoms with Crippen molar-refractivity contribution in [1.29, 1.82) is 0 Å². The van der Waals surface area contributed by atoms with Gasteiger partial charge in [-0.15, -0.1) is 0 Å². The van der Waals surface area contributed by atoms with Crippen LogP contribution in [0.5, 0.6) is 0 Å². The third-order valence-corrected chi connectivity index (χ3v) is 3.07. The van der Waals surface area contributed by atoms with Gasteiger partial charge in [0.05, 0.1) is 10.6 Å². The van der Waals surface area contributed by atoms with E-state index in [0.717, 1.165) is 12.1 Å². The van der Waals surface area contributed by atoms with Gasteiger partial charge in [0, 0.05) is 11.6 Å². The Bertz CT molecular complexity index is 434. The minimum Gasteiger partial charge on any atom is -0.330 e. The van der Waals surface area contributed by atoms with Gasteiger partial charge in [-0.1, -0.05) is 18.0 Å². The minimum absolute atomic E-state index is 0.220. The van der Waals surface area contributed by atoms with Gasteiger partial charge in [0.1, 0.15) is 5.82 Å². The van der Waals surface area contributed by atoms with Crippen LogP contribution in [0.3, 0.4) is 0 Å². The third kappa shape index (κ3) is 4.06. The maximum atomic E-state index is 13.8. The van der Waals surface area contributed by atoms with Crippen LogP contribution in [0.2, 0.25) is 5.02 Å². The molecule has 0 aliphatic carbocycles. The molecular weight excluding hydrogens is 284 g/mol. The van der Waals surface area contributed by atoms with Crippen molar-refractivity contribution in [2.24, 2.45) is 11.5 Å². The molecule has 0 saturated heterocycles. The summed E-state index contributed by atoms with van der Waals surface area (Å²) in [5.74, 6) is -1.10. The lowest BCUT2D eigenvalue weighted by atomic mass is 9.96. The number of benzene rings is 1. The SMILES string of the molecule is NCCCC[C@H](N)c1c(C(F)(F)F)ccc(Cl)c1F. The molecule has 0 aromatic heterocycles. The molecule has 1 aromatic rings. The molecule has 0 saturated carbocycles. The first-order valence-corrected chi connectivity index (χ1v) is 6.17. The maximum Gasteiger partial charge on any atom is 0.416 e. The fraction of sp³-hybridized carbons (Fsp3) is 0.500. The van der Waals surface area contributed by atoms with Crippen molar-refractivity contribution in [3.8, 4) is 0 Å². The van der Waals surface area contributed by atoms with Gasteiger partial charge < -0.3 is 11.5 Å². The molecular formula is C12H15ClF4N2. The van der Waals surface area contributed by atoms with Crippen LogP contribution in [0.25, 0.3) is 0 Å². The van der Waals surface area contributed by atoms with Crippen molar-refractivity contribution in [2.45, 2.75) is 31.5 Å². The second-order valence-corrected chi connectivity index (χ2v) is 4.62. The fourth-order valence-corrected chi connectivity index (χ4v) is 1.99. The molecule has 4 N–H and O–H groups in total. The van der Waals surface area contributed by atoms with Gasteiger partial charge in [0.2, 0.25) is 0 Å². The van der Waals surface area contributed by atoms with Crippen LogP contribution in [0.15, 0.2) is 12.1 Å². The summed E-state index contributed by atoms with van der Waals surface area (Å²) in [6.45, 7) is 0.414. The molecule has 0 fully saturated rings. The molecule has 1 aromatic carbocycles. The summed E-state index contributed by atoms with van der Waals surface area (Å²) in [7, 11) is 0. The Morgan fingerprint density at radius 2 is 1.84 bits per heavy atom. The lowest BCUT2D eigenvalue weighted by Gasteiger charge is -2.19. The first-order chi connectivity index (χ1) is 8.79. The van der Waals surface area contributed by atoms with Crippen molar-refractivity contribution in [3.05, 3.63) is 34.1 Å². The number of hydrogen-bond acceptors (Lipinski definition) is 2. The van der Waals surface area contributed by atoms with E-state index in [1.165, 1.54) is 0 Å². The summed E-state index contributed by atoms with van der Waals surface area (Å²) in [6.07, 6.45) is -3.29. The molecule has 0 heterocycles. The Balaban J connectivity index is 3.12. The number of hydrogen-bond donors (Lipinski definition) is 2. The molecule has 0 spiro atoms. The van der Waals surface area contributed by atoms with Crippen molar-refractivity contribution < 1.29 is 17.6 Å². The number of halogens is 5. The van der Waals surface area contributed by atoms with Gasteiger partial charge >= 0.3 is 6.18 Å². The van der Waals surface area contributed by atoms with E-state index in [2.05, 4.69) is 0 Å². The van der Waals surface area contributed by atoms with Crippen LogP contribution in [-0.4, -0.2) is 6.54 Å². The first-order valence-electron chi connectivity index (χ1n) is 5.79. The predicted molar refractivity (Wildman–Crippen MR) is 66.2 cm³/mol. The zero-order chi connectivity index (χ0) is 14.6. The average Bonchev–Trinajstić information content (AvgIpc) is 2.31. The Morgan fingerprint density at radius 3 is 2.37 bits per heavy atom. The molecule has 1 atom stereocenters. The summed E-state index contributed by atoms with van der Waals surface area (Å²) < 4.78 is 52.3. The highest BCUT2D eigenvalue weighted by molar-refractivity contribution is 6.30. The van der Waals surface area contributed by atoms with Crippen molar-refractivity contribution >= 4 is 11.6 Å². The number of nitrogens with two attached hydrogens (primary N) is 2. The first kappa shape index (κ1) is 16.2. The van der Waals surface area contributed by atoms with Gasteiger partial charge in [-0.25, -0.2) is 4.39 Å². The smallest absolute Gasteiger partial charge is 0.330 e. The van der Waals surface area contributed by atoms with Gasteiger partial charge in [-0.2, -0.15) is 13.2 Å². The summed E-state index contributed by atoms with van der Waals surface area (Å²) in [4.78, 5) is 0. The van der Waals surface area contributed by atoms with Crippen LogP contribution < -0.4 is 11.5 Å². The highest BCUT2D eigenvalue weighted by Gasteiger charge is 2.36. The topological polar surface area (TPSA) is 52.0 Å². The maximum absolute atomic E-state index is 13.8. The Hall–Kier alpha value is -0.850. The highest BCUT2D eigenvalue weighted by atomic mass is 35.5. The lowest BCUT2D eigenvalue weighted by molar-refractivity contribution is -0.138. The molecule has 19 heavy (non-hydrogen) atoms. The van der Waals surface area contributed by atoms with E-state index in [1.54, 1.807) is 0 Å². The third-order valence-electron chi connectivity index (χ3n) is 2.78. The normalized spacial score (nSPS) is 13.6. The second kappa shape index (κ2) is 6.54. The standard InChI is InChI=1S/C12H15ClF4N2/c13-8-5-4-7(12(15,16)17)10(11(8)14)9(19)3-1-2-6-18/h4-5,9H,1-3,6,18-19H2/t9-/m0/s1. The lowest BCUT2D eigenvalue weighted by Crippen LogP contribution is -2.20. The monoisotopic (exact) mass is 298 g/mol. The number of alkyl halides is 3. The van der Waals surface area contributed by atoms with Crippen LogP contribution in [-0.2, 0) is 6.18 Å². The molecule has 7 heteroatoms. The van der Waals surface area contributed by atoms with Gasteiger partial charge in [0.25, 0.3) is 0 Å². The van der Waals surface area contributed by atoms with Crippen molar-refractivity contribution in [3.63, 3.8) is 0 Å². The highest BCUT2D eigenvalue weighted by Crippen LogP contribution is 2.38. The molecule has 2 nitrogen and oxygen atoms in total. The van der Waals surface area contributed by atoms with E-state index in [0.29, 0.717) is 19.4 Å². The van der Waals surface area contributed by atoms with E-state index in [-0.39, 0.29) is 11.4 Å². The second-order valence-electron chi connectivity index (χ2n) is 4.21. The van der Waals surface area contributed by atoms with E-state index in [9.17, 15) is 17.6 Å². The molecule has 108 valence electrons. The predicted octanol–water partition coefficient (Wildman–Crippen LogP) is 3.63. The van der Waals surface area contributed by atoms with Crippen LogP contribution in [0, 0.1) is 5.82 Å². The van der Waals surface area contributed by atoms with E-state index < -0.39 is 29.2 Å². The van der Waals surface area contributed by atoms with Crippen molar-refractivity contribution in [1.82, 2.24) is 0 Å². The largest absolute Gasteiger partial charge is 0.416 e. The zero-order valence-electron chi connectivity index (χ0n) is 10.1. The van der Waals surface area contributed by atoms with Crippen LogP contribution in [0.4, 0.5) is 17.6 Å². The fourth-order valence-electron chi connectivity index (χ4n) is 1.83. The molecule has 0 amide bonds. The Labute approximate surface area is 113 Å². The number of unbranched alkanes of at least 4 members (excludes halogenated alkanes) is 1. The van der Waals surface area contributed by atoms with E-state index >= 15 is 0 Å². The van der Waals surface area contributed by atoms with Crippen molar-refractivity contribution in [2.75, 3.05) is 6.54 Å².